The molecule has 15 heavy (non-hydrogen) atoms. The summed E-state index contributed by atoms with van der Waals surface area (Å²) in [6.07, 6.45) is 5.99. The topological polar surface area (TPSA) is 93.5 Å². The van der Waals surface area contributed by atoms with Crippen molar-refractivity contribution in [1.29, 1.82) is 5.41 Å². The highest BCUT2D eigenvalue weighted by Crippen LogP contribution is 2.08. The Morgan fingerprint density at radius 1 is 1.33 bits per heavy atom. The van der Waals surface area contributed by atoms with Crippen LogP contribution in [-0.4, -0.2) is 25.6 Å². The van der Waals surface area contributed by atoms with E-state index in [-0.39, 0.29) is 5.84 Å². The van der Waals surface area contributed by atoms with Gasteiger partial charge in [0.25, 0.3) is 0 Å². The molecule has 0 aromatic carbocycles. The minimum atomic E-state index is -0.118. The van der Waals surface area contributed by atoms with E-state index in [0.717, 1.165) is 0 Å². The van der Waals surface area contributed by atoms with Crippen molar-refractivity contribution in [3.8, 4) is 5.82 Å². The molecule has 0 aliphatic carbocycles. The van der Waals surface area contributed by atoms with E-state index in [0.29, 0.717) is 16.5 Å². The van der Waals surface area contributed by atoms with Crippen molar-refractivity contribution in [2.45, 2.75) is 0 Å². The highest BCUT2D eigenvalue weighted by Gasteiger charge is 2.03. The van der Waals surface area contributed by atoms with E-state index in [2.05, 4.69) is 15.1 Å². The summed E-state index contributed by atoms with van der Waals surface area (Å²) in [5.74, 6) is 0.402. The van der Waals surface area contributed by atoms with Crippen LogP contribution in [0, 0.1) is 5.41 Å². The van der Waals surface area contributed by atoms with Gasteiger partial charge in [0, 0.05) is 0 Å². The Balaban J connectivity index is 2.35. The molecule has 0 unspecified atom stereocenters. The average molecular weight is 223 g/mol. The van der Waals surface area contributed by atoms with Crippen LogP contribution < -0.4 is 5.73 Å². The fourth-order valence-corrected chi connectivity index (χ4v) is 1.14. The maximum atomic E-state index is 7.15. The average Bonchev–Trinajstić information content (AvgIpc) is 2.65. The third-order valence-electron chi connectivity index (χ3n) is 1.70. The Kier molecular flexibility index (Phi) is 2.34. The van der Waals surface area contributed by atoms with Crippen LogP contribution in [0.5, 0.6) is 0 Å². The summed E-state index contributed by atoms with van der Waals surface area (Å²) < 4.78 is 1.49. The second-order valence-electron chi connectivity index (χ2n) is 2.78. The van der Waals surface area contributed by atoms with Gasteiger partial charge in [-0.3, -0.25) is 5.41 Å². The molecule has 0 spiro atoms. The number of hydrogen-bond acceptors (Lipinski definition) is 4. The monoisotopic (exact) mass is 222 g/mol. The number of nitrogens with one attached hydrogen (secondary N) is 1. The first-order valence-electron chi connectivity index (χ1n) is 4.04. The Labute approximate surface area is 90.2 Å². The van der Waals surface area contributed by atoms with Crippen molar-refractivity contribution in [3.63, 3.8) is 0 Å². The van der Waals surface area contributed by atoms with E-state index < -0.39 is 0 Å². The molecule has 0 radical (unpaired) electrons. The van der Waals surface area contributed by atoms with Crippen LogP contribution >= 0.6 is 11.6 Å². The smallest absolute Gasteiger partial charge is 0.171 e. The van der Waals surface area contributed by atoms with E-state index in [1.807, 2.05) is 0 Å². The van der Waals surface area contributed by atoms with Gasteiger partial charge in [-0.15, -0.1) is 0 Å². The largest absolute Gasteiger partial charge is 0.382 e. The molecule has 7 heteroatoms. The zero-order valence-electron chi connectivity index (χ0n) is 7.55. The summed E-state index contributed by atoms with van der Waals surface area (Å²) in [5, 5.41) is 11.6. The maximum Gasteiger partial charge on any atom is 0.171 e. The van der Waals surface area contributed by atoms with E-state index in [9.17, 15) is 0 Å². The number of nitrogens with zero attached hydrogens (tertiary/aromatic N) is 4. The van der Waals surface area contributed by atoms with Crippen LogP contribution in [0.25, 0.3) is 5.82 Å². The molecule has 2 aromatic heterocycles. The minimum Gasteiger partial charge on any atom is -0.382 e. The summed E-state index contributed by atoms with van der Waals surface area (Å²) in [6, 6.07) is 0. The quantitative estimate of drug-likeness (QED) is 0.575. The highest BCUT2D eigenvalue weighted by molar-refractivity contribution is 6.30. The number of nitrogens with two attached hydrogens (primary N) is 1. The van der Waals surface area contributed by atoms with Gasteiger partial charge in [0.2, 0.25) is 0 Å². The number of halogens is 1. The lowest BCUT2D eigenvalue weighted by molar-refractivity contribution is 0.836. The Bertz CT molecular complexity index is 488. The summed E-state index contributed by atoms with van der Waals surface area (Å²) in [5.41, 5.74) is 5.57. The van der Waals surface area contributed by atoms with Gasteiger partial charge in [0.05, 0.1) is 29.8 Å². The lowest BCUT2D eigenvalue weighted by Gasteiger charge is -2.00. The molecule has 2 heterocycles. The Morgan fingerprint density at radius 3 is 2.60 bits per heavy atom. The van der Waals surface area contributed by atoms with E-state index in [1.54, 1.807) is 6.20 Å². The molecular weight excluding hydrogens is 216 g/mol. The molecule has 0 aliphatic rings. The van der Waals surface area contributed by atoms with Gasteiger partial charge in [-0.1, -0.05) is 11.6 Å². The number of hydrogen-bond donors (Lipinski definition) is 2. The first-order valence-corrected chi connectivity index (χ1v) is 4.41. The van der Waals surface area contributed by atoms with Crippen LogP contribution in [0.4, 0.5) is 0 Å². The van der Waals surface area contributed by atoms with Crippen molar-refractivity contribution < 1.29 is 0 Å². The first kappa shape index (κ1) is 9.60. The lowest BCUT2D eigenvalue weighted by Crippen LogP contribution is -2.14. The minimum absolute atomic E-state index is 0.118. The van der Waals surface area contributed by atoms with Gasteiger partial charge in [-0.2, -0.15) is 5.10 Å². The molecule has 2 rings (SSSR count). The number of rotatable bonds is 2. The van der Waals surface area contributed by atoms with Gasteiger partial charge in [0.1, 0.15) is 11.5 Å². The van der Waals surface area contributed by atoms with Crippen molar-refractivity contribution in [1.82, 2.24) is 19.7 Å². The molecule has 0 saturated heterocycles. The van der Waals surface area contributed by atoms with Gasteiger partial charge in [-0.05, 0) is 0 Å². The van der Waals surface area contributed by atoms with Crippen LogP contribution in [0.1, 0.15) is 5.69 Å². The van der Waals surface area contributed by atoms with Crippen molar-refractivity contribution in [2.24, 2.45) is 5.73 Å². The van der Waals surface area contributed by atoms with Crippen molar-refractivity contribution >= 4 is 17.4 Å². The number of nitrogen functional groups attached to an aromatic ring is 1. The highest BCUT2D eigenvalue weighted by atomic mass is 35.5. The van der Waals surface area contributed by atoms with Gasteiger partial charge in [-0.25, -0.2) is 14.6 Å². The molecule has 76 valence electrons. The number of amidine groups is 1. The Hall–Kier alpha value is -1.95. The van der Waals surface area contributed by atoms with E-state index in [4.69, 9.17) is 22.7 Å². The van der Waals surface area contributed by atoms with E-state index in [1.165, 1.54) is 23.3 Å². The Morgan fingerprint density at radius 2 is 2.13 bits per heavy atom. The normalized spacial score (nSPS) is 10.2. The molecule has 0 bridgehead atoms. The van der Waals surface area contributed by atoms with E-state index >= 15 is 0 Å². The van der Waals surface area contributed by atoms with Gasteiger partial charge in [0.15, 0.2) is 5.82 Å². The molecular formula is C8H7ClN6. The van der Waals surface area contributed by atoms with Crippen molar-refractivity contribution in [2.75, 3.05) is 0 Å². The third-order valence-corrected chi connectivity index (χ3v) is 1.90. The lowest BCUT2D eigenvalue weighted by atomic mass is 10.4. The predicted octanol–water partition coefficient (Wildman–Crippen LogP) is 0.600. The molecule has 0 fully saturated rings. The SMILES string of the molecule is N=C(N)c1cnc(-n2cc(Cl)cn2)cn1. The summed E-state index contributed by atoms with van der Waals surface area (Å²) >= 11 is 5.71. The number of aromatic nitrogens is 4. The van der Waals surface area contributed by atoms with Crippen LogP contribution in [-0.2, 0) is 0 Å². The zero-order valence-corrected chi connectivity index (χ0v) is 8.31. The second kappa shape index (κ2) is 3.66. The fourth-order valence-electron chi connectivity index (χ4n) is 1.00. The second-order valence-corrected chi connectivity index (χ2v) is 3.21. The fraction of sp³-hybridized carbons (Fsp3) is 0. The summed E-state index contributed by atoms with van der Waals surface area (Å²) in [6.45, 7) is 0. The standard InChI is InChI=1S/C8H7ClN6/c9-5-1-14-15(4-5)7-3-12-6(2-13-7)8(10)11/h1-4H,(H3,10,11). The molecule has 0 saturated carbocycles. The molecule has 0 aliphatic heterocycles. The molecule has 0 amide bonds. The predicted molar refractivity (Wildman–Crippen MR) is 55.2 cm³/mol. The van der Waals surface area contributed by atoms with Gasteiger partial charge >= 0.3 is 0 Å². The summed E-state index contributed by atoms with van der Waals surface area (Å²) in [7, 11) is 0. The van der Waals surface area contributed by atoms with Crippen LogP contribution in [0.15, 0.2) is 24.8 Å². The molecule has 0 atom stereocenters. The first-order chi connectivity index (χ1) is 7.16. The maximum absolute atomic E-state index is 7.15. The van der Waals surface area contributed by atoms with Crippen molar-refractivity contribution in [3.05, 3.63) is 35.5 Å². The molecule has 3 N–H and O–H groups in total. The van der Waals surface area contributed by atoms with Crippen LogP contribution in [0.2, 0.25) is 5.02 Å². The molecule has 6 nitrogen and oxygen atoms in total. The van der Waals surface area contributed by atoms with Crippen LogP contribution in [0.3, 0.4) is 0 Å². The molecule has 2 aromatic rings. The summed E-state index contributed by atoms with van der Waals surface area (Å²) in [4.78, 5) is 7.99. The van der Waals surface area contributed by atoms with Gasteiger partial charge < -0.3 is 5.73 Å². The zero-order chi connectivity index (χ0) is 10.8. The third kappa shape index (κ3) is 1.94.